The van der Waals surface area contributed by atoms with E-state index in [4.69, 9.17) is 14.2 Å². The second-order valence-corrected chi connectivity index (χ2v) is 30.0. The summed E-state index contributed by atoms with van der Waals surface area (Å²) < 4.78 is 166. The highest BCUT2D eigenvalue weighted by atomic mass is 32.2. The number of hydrogen-bond acceptors (Lipinski definition) is 13. The molecule has 0 bridgehead atoms. The smallest absolute Gasteiger partial charge is 0.431 e. The van der Waals surface area contributed by atoms with Crippen LogP contribution in [-0.2, 0) is 62.9 Å². The molecule has 6 aliphatic heterocycles. The standard InChI is InChI=1S/C25H28F3N3O5.C24H30F3N3O3.C23H28F3N3O3S/c1-15(2)36-18-6-5-17(13-19(18)35-4)23(34)29-11-9-24(10-12-29)20-7-8-21(25(26,27)28)31(20)22(33)14-30(24)16(3)32;1-22(2,32)16-33-18-6-4-17(5-7-18)21(31)29-12-10-23(11-13-29)19-8-9-20(24(25,26)27)30(19)15-14-28(23)3;1-4-33(31,32)18-6-5-17(15-16(18)2)21(30)28-11-9-22(10-12-28)19-7-8-20(23(24,25)26)29(19)14-13-27(22)3/h5-8,13,15H,9-12,14H2,1-4H3;4-9,32H,10-16H2,1-3H3;5-8,15H,4,9-14H2,1-3H3. The van der Waals surface area contributed by atoms with Crippen LogP contribution in [0.25, 0.3) is 0 Å². The molecule has 0 saturated carbocycles. The number of hydrogen-bond donors (Lipinski definition) is 1. The first-order valence-electron chi connectivity index (χ1n) is 33.8. The first kappa shape index (κ1) is 76.3. The van der Waals surface area contributed by atoms with Gasteiger partial charge >= 0.3 is 18.5 Å². The van der Waals surface area contributed by atoms with Gasteiger partial charge in [-0.3, -0.25) is 38.3 Å². The number of carbonyl (C=O) groups is 5. The molecule has 0 unspecified atom stereocenters. The number of nitrogens with zero attached hydrogens (tertiary/aromatic N) is 9. The molecule has 3 aromatic heterocycles. The number of alkyl halides is 9. The van der Waals surface area contributed by atoms with E-state index in [0.717, 1.165) is 12.1 Å². The molecule has 4 amide bonds. The highest BCUT2D eigenvalue weighted by molar-refractivity contribution is 7.91. The molecule has 3 aromatic carbocycles. The molecule has 0 aliphatic carbocycles. The predicted molar refractivity (Wildman–Crippen MR) is 358 cm³/mol. The van der Waals surface area contributed by atoms with Gasteiger partial charge in [-0.05, 0) is 190 Å². The molecule has 0 atom stereocenters. The van der Waals surface area contributed by atoms with Gasteiger partial charge in [0.05, 0.1) is 51.8 Å². The number of aromatic nitrogens is 3. The Morgan fingerprint density at radius 2 is 0.980 bits per heavy atom. The van der Waals surface area contributed by atoms with E-state index in [9.17, 15) is 77.0 Å². The third-order valence-corrected chi connectivity index (χ3v) is 22.5. The summed E-state index contributed by atoms with van der Waals surface area (Å²) in [4.78, 5) is 75.4. The van der Waals surface area contributed by atoms with Crippen molar-refractivity contribution in [3.63, 3.8) is 0 Å². The van der Waals surface area contributed by atoms with E-state index in [1.54, 1.807) is 103 Å². The monoisotopic (exact) mass is 1460 g/mol. The maximum atomic E-state index is 13.6. The summed E-state index contributed by atoms with van der Waals surface area (Å²) in [5, 5.41) is 9.77. The van der Waals surface area contributed by atoms with Gasteiger partial charge in [-0.2, -0.15) is 39.5 Å². The van der Waals surface area contributed by atoms with Crippen LogP contribution in [0, 0.1) is 6.92 Å². The number of likely N-dealkylation sites (N-methyl/N-ethyl adjacent to an activating group) is 2. The van der Waals surface area contributed by atoms with E-state index in [0.29, 0.717) is 127 Å². The molecule has 6 aliphatic rings. The predicted octanol–water partition coefficient (Wildman–Crippen LogP) is 11.4. The minimum Gasteiger partial charge on any atom is -0.493 e. The Hall–Kier alpha value is -8.35. The van der Waals surface area contributed by atoms with Crippen LogP contribution in [0.2, 0.25) is 0 Å². The van der Waals surface area contributed by atoms with Gasteiger partial charge in [0.1, 0.15) is 36.0 Å². The lowest BCUT2D eigenvalue weighted by Gasteiger charge is -2.51. The van der Waals surface area contributed by atoms with Crippen LogP contribution in [0.1, 0.15) is 156 Å². The number of amides is 4. The molecular formula is C72H86F9N9O11S. The minimum atomic E-state index is -4.71. The lowest BCUT2D eigenvalue weighted by Crippen LogP contribution is -2.61. The van der Waals surface area contributed by atoms with E-state index in [1.807, 2.05) is 27.9 Å². The maximum absolute atomic E-state index is 13.6. The lowest BCUT2D eigenvalue weighted by atomic mass is 9.80. The normalized spacial score (nSPS) is 18.4. The molecule has 1 N–H and O–H groups in total. The minimum absolute atomic E-state index is 0.0133. The number of halogens is 9. The van der Waals surface area contributed by atoms with E-state index in [1.165, 1.54) is 52.3 Å². The van der Waals surface area contributed by atoms with Crippen LogP contribution in [-0.4, -0.2) is 190 Å². The van der Waals surface area contributed by atoms with Crippen molar-refractivity contribution in [2.24, 2.45) is 0 Å². The van der Waals surface area contributed by atoms with Gasteiger partial charge in [-0.15, -0.1) is 0 Å². The molecule has 6 aromatic rings. The third kappa shape index (κ3) is 15.1. The van der Waals surface area contributed by atoms with E-state index in [-0.39, 0.29) is 79.3 Å². The molecule has 0 radical (unpaired) electrons. The summed E-state index contributed by atoms with van der Waals surface area (Å²) in [5.41, 5.74) is -2.09. The SMILES string of the molecule is CCS(=O)(=O)c1ccc(C(=O)N2CCC3(CC2)c2ccc(C(F)(F)F)n2CCN3C)cc1C.CN1CCn2c(C(F)(F)F)ccc2C12CCN(C(=O)c1ccc(OCC(C)(C)O)cc1)CC2.COc1cc(C(=O)N2CCC3(CC2)c2ccc(C(F)(F)F)n2C(=O)CN3C(C)=O)ccc1OC(C)C. The Labute approximate surface area is 586 Å². The number of rotatable bonds is 11. The van der Waals surface area contributed by atoms with Crippen LogP contribution in [0.3, 0.4) is 0 Å². The first-order chi connectivity index (χ1) is 47.7. The fourth-order valence-corrected chi connectivity index (χ4v) is 16.4. The topological polar surface area (TPSA) is 202 Å². The molecule has 30 heteroatoms. The molecule has 3 fully saturated rings. The largest absolute Gasteiger partial charge is 0.493 e. The fourth-order valence-electron chi connectivity index (χ4n) is 15.2. The Morgan fingerprint density at radius 1 is 0.559 bits per heavy atom. The zero-order valence-corrected chi connectivity index (χ0v) is 59.4. The van der Waals surface area contributed by atoms with Crippen molar-refractivity contribution < 1.29 is 91.2 Å². The van der Waals surface area contributed by atoms with Gasteiger partial charge in [0.25, 0.3) is 23.6 Å². The number of carbonyl (C=O) groups excluding carboxylic acids is 5. The highest BCUT2D eigenvalue weighted by Gasteiger charge is 2.54. The fraction of sp³-hybridized carbons (Fsp3) is 0.514. The number of ether oxygens (including phenoxy) is 3. The Bertz CT molecular complexity index is 4230. The number of aryl methyl sites for hydroxylation is 1. The van der Waals surface area contributed by atoms with Crippen LogP contribution in [0.4, 0.5) is 39.5 Å². The maximum Gasteiger partial charge on any atom is 0.431 e. The highest BCUT2D eigenvalue weighted by Crippen LogP contribution is 2.48. The number of likely N-dealkylation sites (tertiary alicyclic amines) is 3. The second kappa shape index (κ2) is 28.7. The second-order valence-electron chi connectivity index (χ2n) is 27.8. The van der Waals surface area contributed by atoms with Crippen molar-refractivity contribution in [2.45, 2.75) is 152 Å². The summed E-state index contributed by atoms with van der Waals surface area (Å²) in [5.74, 6) is -0.321. The summed E-state index contributed by atoms with van der Waals surface area (Å²) in [7, 11) is 1.99. The van der Waals surface area contributed by atoms with Crippen molar-refractivity contribution in [2.75, 3.05) is 92.5 Å². The van der Waals surface area contributed by atoms with Crippen LogP contribution in [0.15, 0.2) is 102 Å². The lowest BCUT2D eigenvalue weighted by molar-refractivity contribution is -0.146. The van der Waals surface area contributed by atoms with Crippen molar-refractivity contribution in [1.82, 2.24) is 43.1 Å². The molecule has 102 heavy (non-hydrogen) atoms. The summed E-state index contributed by atoms with van der Waals surface area (Å²) in [6.45, 7) is 15.0. The Kier molecular flexibility index (Phi) is 21.5. The van der Waals surface area contributed by atoms with Gasteiger partial charge < -0.3 is 48.1 Å². The quantitative estimate of drug-likeness (QED) is 0.120. The number of piperidine rings is 3. The van der Waals surface area contributed by atoms with Gasteiger partial charge in [-0.25, -0.2) is 8.42 Å². The summed E-state index contributed by atoms with van der Waals surface area (Å²) >= 11 is 0. The molecule has 554 valence electrons. The van der Waals surface area contributed by atoms with Crippen molar-refractivity contribution >= 4 is 39.4 Å². The molecule has 12 rings (SSSR count). The van der Waals surface area contributed by atoms with Crippen molar-refractivity contribution in [3.05, 3.63) is 153 Å². The number of aliphatic hydroxyl groups is 1. The summed E-state index contributed by atoms with van der Waals surface area (Å²) in [6.07, 6.45) is -11.0. The molecule has 3 spiro atoms. The van der Waals surface area contributed by atoms with E-state index in [2.05, 4.69) is 9.80 Å². The Balaban J connectivity index is 0.000000165. The van der Waals surface area contributed by atoms with Gasteiger partial charge in [-0.1, -0.05) is 6.92 Å². The number of methoxy groups -OCH3 is 1. The number of sulfone groups is 1. The van der Waals surface area contributed by atoms with Crippen molar-refractivity contribution in [1.29, 1.82) is 0 Å². The average molecular weight is 1460 g/mol. The number of fused-ring (bicyclic) bond motifs is 6. The molecule has 3 saturated heterocycles. The van der Waals surface area contributed by atoms with E-state index >= 15 is 0 Å². The first-order valence-corrected chi connectivity index (χ1v) is 35.4. The van der Waals surface area contributed by atoms with Crippen molar-refractivity contribution in [3.8, 4) is 17.2 Å². The molecular weight excluding hydrogens is 1370 g/mol. The zero-order chi connectivity index (χ0) is 74.6. The molecule has 9 heterocycles. The van der Waals surface area contributed by atoms with Gasteiger partial charge in [0.15, 0.2) is 21.3 Å². The average Bonchev–Trinajstić information content (AvgIpc) is 1.51. The van der Waals surface area contributed by atoms with E-state index < -0.39 is 86.0 Å². The Morgan fingerprint density at radius 3 is 1.40 bits per heavy atom. The van der Waals surface area contributed by atoms with Crippen LogP contribution in [0.5, 0.6) is 17.2 Å². The van der Waals surface area contributed by atoms with Gasteiger partial charge in [0, 0.05) is 100 Å². The van der Waals surface area contributed by atoms with Crippen LogP contribution < -0.4 is 14.2 Å². The third-order valence-electron chi connectivity index (χ3n) is 20.6. The number of benzene rings is 3. The summed E-state index contributed by atoms with van der Waals surface area (Å²) in [6, 6.07) is 23.9. The van der Waals surface area contributed by atoms with Crippen LogP contribution >= 0.6 is 0 Å². The van der Waals surface area contributed by atoms with Gasteiger partial charge in [0.2, 0.25) is 5.91 Å². The zero-order valence-electron chi connectivity index (χ0n) is 58.6. The molecule has 20 nitrogen and oxygen atoms in total.